The van der Waals surface area contributed by atoms with Crippen LogP contribution in [0.4, 0.5) is 0 Å². The fourth-order valence-electron chi connectivity index (χ4n) is 14.4. The first-order valence-electron chi connectivity index (χ1n) is 19.9. The smallest absolute Gasteiger partial charge is 0.323 e. The first-order valence-corrected chi connectivity index (χ1v) is 19.9. The molecule has 5 aliphatic carbocycles. The quantitative estimate of drug-likeness (QED) is 0.376. The van der Waals surface area contributed by atoms with Crippen molar-refractivity contribution in [1.82, 2.24) is 4.90 Å². The maximum absolute atomic E-state index is 12.6. The minimum Gasteiger partial charge on any atom is -0.464 e. The maximum atomic E-state index is 12.6. The van der Waals surface area contributed by atoms with Gasteiger partial charge in [0.15, 0.2) is 12.4 Å². The van der Waals surface area contributed by atoms with E-state index in [2.05, 4.69) is 39.5 Å². The lowest BCUT2D eigenvalue weighted by atomic mass is 9.43. The standard InChI is InChI=1S/C40H63NO9/c1-21-19-26(34(37(5,6)45)48-22(2)42)49-32-30(21)38(7)14-15-40-24-10-12-28(50-29-20-41(16-18-46-29)25-13-17-47-35(25)44)36(3,4)23(31(24)40)9-11-27(40)39(38,8)33(32)43/h21,23-34,43,45H,9-20H2,1-8H3. The van der Waals surface area contributed by atoms with Gasteiger partial charge in [0, 0.05) is 25.3 Å². The van der Waals surface area contributed by atoms with E-state index in [1.54, 1.807) is 13.8 Å². The second kappa shape index (κ2) is 11.8. The summed E-state index contributed by atoms with van der Waals surface area (Å²) >= 11 is 0. The van der Waals surface area contributed by atoms with Crippen molar-refractivity contribution in [3.05, 3.63) is 0 Å². The van der Waals surface area contributed by atoms with Crippen LogP contribution >= 0.6 is 0 Å². The van der Waals surface area contributed by atoms with Crippen LogP contribution in [-0.2, 0) is 33.3 Å². The average molecular weight is 702 g/mol. The van der Waals surface area contributed by atoms with E-state index in [0.717, 1.165) is 45.1 Å². The fourth-order valence-corrected chi connectivity index (χ4v) is 14.4. The van der Waals surface area contributed by atoms with Crippen LogP contribution < -0.4 is 0 Å². The van der Waals surface area contributed by atoms with Crippen LogP contribution in [0.3, 0.4) is 0 Å². The van der Waals surface area contributed by atoms with Gasteiger partial charge in [-0.05, 0) is 111 Å². The Kier molecular flexibility index (Phi) is 8.46. The molecule has 16 atom stereocenters. The van der Waals surface area contributed by atoms with E-state index in [9.17, 15) is 19.8 Å². The second-order valence-electron chi connectivity index (χ2n) is 19.5. The molecule has 8 rings (SSSR count). The Morgan fingerprint density at radius 1 is 1.02 bits per heavy atom. The molecule has 3 saturated heterocycles. The van der Waals surface area contributed by atoms with E-state index in [1.165, 1.54) is 13.3 Å². The Morgan fingerprint density at radius 3 is 2.44 bits per heavy atom. The summed E-state index contributed by atoms with van der Waals surface area (Å²) in [6, 6.07) is -0.181. The number of cyclic esters (lactones) is 1. The largest absolute Gasteiger partial charge is 0.464 e. The van der Waals surface area contributed by atoms with Crippen molar-refractivity contribution in [3.8, 4) is 0 Å². The van der Waals surface area contributed by atoms with Gasteiger partial charge in [0.05, 0.1) is 49.8 Å². The summed E-state index contributed by atoms with van der Waals surface area (Å²) in [5.41, 5.74) is -1.42. The molecule has 3 heterocycles. The number of carbonyl (C=O) groups is 2. The van der Waals surface area contributed by atoms with E-state index < -0.39 is 29.9 Å². The van der Waals surface area contributed by atoms with Crippen LogP contribution in [0.2, 0.25) is 0 Å². The lowest BCUT2D eigenvalue weighted by Gasteiger charge is -2.61. The van der Waals surface area contributed by atoms with Crippen molar-refractivity contribution >= 4 is 11.9 Å². The number of ether oxygens (including phenoxy) is 5. The first kappa shape index (κ1) is 35.7. The zero-order valence-electron chi connectivity index (χ0n) is 31.7. The summed E-state index contributed by atoms with van der Waals surface area (Å²) in [7, 11) is 0. The molecule has 1 spiro atoms. The SMILES string of the molecule is CC(=O)OC(C1CC(C)C2C(O1)C(O)C1(C)C3CCC4C5C(CCC(OC6CN(C7CCOC7=O)CCO6)C4(C)C)C53CCC21C)C(C)(C)O. The number of hydrogen-bond donors (Lipinski definition) is 2. The molecular formula is C40H63NO9. The van der Waals surface area contributed by atoms with Crippen LogP contribution in [0.1, 0.15) is 107 Å². The molecule has 0 radical (unpaired) electrons. The summed E-state index contributed by atoms with van der Waals surface area (Å²) in [6.45, 7) is 19.1. The van der Waals surface area contributed by atoms with E-state index in [1.807, 2.05) is 0 Å². The van der Waals surface area contributed by atoms with E-state index >= 15 is 0 Å². The summed E-state index contributed by atoms with van der Waals surface area (Å²) < 4.78 is 30.9. The van der Waals surface area contributed by atoms with Crippen molar-refractivity contribution in [2.75, 3.05) is 26.3 Å². The van der Waals surface area contributed by atoms with Crippen molar-refractivity contribution in [3.63, 3.8) is 0 Å². The first-order chi connectivity index (χ1) is 23.5. The van der Waals surface area contributed by atoms with Gasteiger partial charge in [-0.2, -0.15) is 0 Å². The number of esters is 2. The molecule has 8 aliphatic rings. The molecular weight excluding hydrogens is 638 g/mol. The molecule has 282 valence electrons. The number of rotatable bonds is 6. The Morgan fingerprint density at radius 2 is 1.76 bits per heavy atom. The number of morpholine rings is 1. The Bertz CT molecular complexity index is 1360. The molecule has 8 fully saturated rings. The minimum atomic E-state index is -1.27. The normalized spacial score (nSPS) is 51.7. The zero-order chi connectivity index (χ0) is 35.8. The highest BCUT2D eigenvalue weighted by atomic mass is 16.7. The third-order valence-corrected chi connectivity index (χ3v) is 16.7. The highest BCUT2D eigenvalue weighted by molar-refractivity contribution is 5.77. The van der Waals surface area contributed by atoms with Gasteiger partial charge in [-0.15, -0.1) is 0 Å². The molecule has 50 heavy (non-hydrogen) atoms. The summed E-state index contributed by atoms with van der Waals surface area (Å²) in [6.07, 6.45) is 5.60. The lowest BCUT2D eigenvalue weighted by Crippen LogP contribution is -2.58. The molecule has 2 N–H and O–H groups in total. The van der Waals surface area contributed by atoms with Crippen LogP contribution in [-0.4, -0.2) is 102 Å². The van der Waals surface area contributed by atoms with Gasteiger partial charge in [0.25, 0.3) is 0 Å². The van der Waals surface area contributed by atoms with Crippen LogP contribution in [0, 0.1) is 57.2 Å². The maximum Gasteiger partial charge on any atom is 0.323 e. The molecule has 10 heteroatoms. The van der Waals surface area contributed by atoms with Gasteiger partial charge in [-0.25, -0.2) is 0 Å². The highest BCUT2D eigenvalue weighted by Crippen LogP contribution is 2.86. The van der Waals surface area contributed by atoms with Gasteiger partial charge in [-0.3, -0.25) is 14.5 Å². The summed E-state index contributed by atoms with van der Waals surface area (Å²) in [5.74, 6) is 2.14. The number of nitrogens with zero attached hydrogens (tertiary/aromatic N) is 1. The highest BCUT2D eigenvalue weighted by Gasteiger charge is 2.83. The molecule has 10 nitrogen and oxygen atoms in total. The lowest BCUT2D eigenvalue weighted by molar-refractivity contribution is -0.234. The zero-order valence-corrected chi connectivity index (χ0v) is 31.7. The number of aliphatic hydroxyl groups is 2. The number of fused-ring (bicyclic) bond motifs is 4. The van der Waals surface area contributed by atoms with Crippen LogP contribution in [0.15, 0.2) is 0 Å². The monoisotopic (exact) mass is 701 g/mol. The molecule has 0 aromatic carbocycles. The number of carbonyl (C=O) groups excluding carboxylic acids is 2. The predicted octanol–water partition coefficient (Wildman–Crippen LogP) is 4.72. The second-order valence-corrected chi connectivity index (χ2v) is 19.5. The van der Waals surface area contributed by atoms with Crippen molar-refractivity contribution in [1.29, 1.82) is 0 Å². The van der Waals surface area contributed by atoms with Crippen molar-refractivity contribution < 1.29 is 43.5 Å². The molecule has 3 aliphatic heterocycles. The van der Waals surface area contributed by atoms with Crippen LogP contribution in [0.25, 0.3) is 0 Å². The Hall–Kier alpha value is -1.30. The predicted molar refractivity (Wildman–Crippen MR) is 183 cm³/mol. The Balaban J connectivity index is 1.02. The molecule has 0 aromatic rings. The van der Waals surface area contributed by atoms with Gasteiger partial charge in [0.2, 0.25) is 0 Å². The van der Waals surface area contributed by atoms with Gasteiger partial charge in [-0.1, -0.05) is 34.6 Å². The fraction of sp³-hybridized carbons (Fsp3) is 0.950. The molecule has 0 bridgehead atoms. The summed E-state index contributed by atoms with van der Waals surface area (Å²) in [5, 5.41) is 23.6. The number of aliphatic hydroxyl groups excluding tert-OH is 1. The third-order valence-electron chi connectivity index (χ3n) is 16.7. The van der Waals surface area contributed by atoms with Crippen molar-refractivity contribution in [2.45, 2.75) is 155 Å². The van der Waals surface area contributed by atoms with Crippen molar-refractivity contribution in [2.24, 2.45) is 57.2 Å². The Labute approximate surface area is 298 Å². The van der Waals surface area contributed by atoms with E-state index in [4.69, 9.17) is 23.7 Å². The van der Waals surface area contributed by atoms with Gasteiger partial charge < -0.3 is 33.9 Å². The molecule has 16 unspecified atom stereocenters. The average Bonchev–Trinajstić information content (AvgIpc) is 3.45. The minimum absolute atomic E-state index is 0.0244. The molecule has 5 saturated carbocycles. The van der Waals surface area contributed by atoms with Gasteiger partial charge >= 0.3 is 11.9 Å². The molecule has 0 amide bonds. The number of hydrogen-bond acceptors (Lipinski definition) is 10. The van der Waals surface area contributed by atoms with E-state index in [0.29, 0.717) is 49.9 Å². The molecule has 0 aromatic heterocycles. The summed E-state index contributed by atoms with van der Waals surface area (Å²) in [4.78, 5) is 26.6. The third kappa shape index (κ3) is 4.93. The topological polar surface area (TPSA) is 124 Å². The van der Waals surface area contributed by atoms with E-state index in [-0.39, 0.29) is 64.0 Å². The van der Waals surface area contributed by atoms with Gasteiger partial charge in [0.1, 0.15) is 6.04 Å². The van der Waals surface area contributed by atoms with Crippen LogP contribution in [0.5, 0.6) is 0 Å².